The van der Waals surface area contributed by atoms with E-state index in [9.17, 15) is 9.90 Å². The first-order valence-corrected chi connectivity index (χ1v) is 7.41. The Morgan fingerprint density at radius 1 is 1.14 bits per heavy atom. The van der Waals surface area contributed by atoms with Crippen molar-refractivity contribution in [3.05, 3.63) is 65.7 Å². The van der Waals surface area contributed by atoms with E-state index in [1.54, 1.807) is 7.05 Å². The van der Waals surface area contributed by atoms with Crippen LogP contribution >= 0.6 is 0 Å². The summed E-state index contributed by atoms with van der Waals surface area (Å²) >= 11 is 0. The Bertz CT molecular complexity index is 671. The predicted molar refractivity (Wildman–Crippen MR) is 84.2 cm³/mol. The maximum atomic E-state index is 11.8. The van der Waals surface area contributed by atoms with Crippen LogP contribution in [0.1, 0.15) is 24.0 Å². The summed E-state index contributed by atoms with van der Waals surface area (Å²) in [7, 11) is 1.64. The Kier molecular flexibility index (Phi) is 3.75. The van der Waals surface area contributed by atoms with Crippen molar-refractivity contribution in [1.82, 2.24) is 4.90 Å². The molecule has 1 unspecified atom stereocenters. The van der Waals surface area contributed by atoms with Crippen molar-refractivity contribution in [1.29, 1.82) is 0 Å². The lowest BCUT2D eigenvalue weighted by atomic mass is 9.78. The first-order chi connectivity index (χ1) is 10.7. The molecule has 0 aliphatic carbocycles. The fourth-order valence-electron chi connectivity index (χ4n) is 3.30. The van der Waals surface area contributed by atoms with Crippen LogP contribution in [0.15, 0.2) is 54.6 Å². The summed E-state index contributed by atoms with van der Waals surface area (Å²) in [6.45, 7) is 0.596. The van der Waals surface area contributed by atoms with Crippen LogP contribution in [-0.4, -0.2) is 29.8 Å². The summed E-state index contributed by atoms with van der Waals surface area (Å²) in [5, 5.41) is 9.66. The van der Waals surface area contributed by atoms with Gasteiger partial charge in [0.1, 0.15) is 11.3 Å². The smallest absolute Gasteiger partial charge is 0.408 e. The minimum absolute atomic E-state index is 0.596. The van der Waals surface area contributed by atoms with Gasteiger partial charge in [-0.05, 0) is 24.5 Å². The third-order valence-electron chi connectivity index (χ3n) is 4.38. The molecule has 0 radical (unpaired) electrons. The first-order valence-electron chi connectivity index (χ1n) is 7.41. The first kappa shape index (κ1) is 14.4. The number of rotatable bonds is 2. The van der Waals surface area contributed by atoms with E-state index in [0.717, 1.165) is 23.3 Å². The molecule has 2 aromatic carbocycles. The van der Waals surface area contributed by atoms with Gasteiger partial charge in [0.25, 0.3) is 0 Å². The zero-order chi connectivity index (χ0) is 15.6. The average Bonchev–Trinajstić information content (AvgIpc) is 2.75. The second kappa shape index (κ2) is 5.72. The maximum absolute atomic E-state index is 11.8. The molecular formula is C18H19NO3. The number of carboxylic acid groups (broad SMARTS) is 1. The molecule has 2 aromatic rings. The van der Waals surface area contributed by atoms with Gasteiger partial charge in [0.15, 0.2) is 0 Å². The van der Waals surface area contributed by atoms with E-state index >= 15 is 0 Å². The molecular weight excluding hydrogens is 278 g/mol. The highest BCUT2D eigenvalue weighted by Crippen LogP contribution is 2.45. The molecule has 22 heavy (non-hydrogen) atoms. The molecule has 0 bridgehead atoms. The van der Waals surface area contributed by atoms with Crippen LogP contribution in [0.2, 0.25) is 0 Å². The molecule has 114 valence electrons. The lowest BCUT2D eigenvalue weighted by molar-refractivity contribution is 0.106. The molecule has 1 aliphatic heterocycles. The molecule has 4 heteroatoms. The number of fused-ring (bicyclic) bond motifs is 1. The molecule has 0 saturated carbocycles. The summed E-state index contributed by atoms with van der Waals surface area (Å²) in [5.41, 5.74) is 1.15. The van der Waals surface area contributed by atoms with Crippen molar-refractivity contribution < 1.29 is 14.6 Å². The van der Waals surface area contributed by atoms with Gasteiger partial charge in [-0.2, -0.15) is 0 Å². The number of hydrogen-bond donors (Lipinski definition) is 1. The van der Waals surface area contributed by atoms with E-state index < -0.39 is 11.6 Å². The van der Waals surface area contributed by atoms with Crippen LogP contribution in [0.3, 0.4) is 0 Å². The van der Waals surface area contributed by atoms with Crippen LogP contribution in [0.5, 0.6) is 5.75 Å². The minimum atomic E-state index is -0.944. The number of nitrogens with zero attached hydrogens (tertiary/aromatic N) is 1. The molecule has 3 rings (SSSR count). The molecule has 1 aliphatic rings. The van der Waals surface area contributed by atoms with E-state index in [-0.39, 0.29) is 0 Å². The monoisotopic (exact) mass is 297 g/mol. The average molecular weight is 297 g/mol. The molecule has 1 heterocycles. The maximum Gasteiger partial charge on any atom is 0.408 e. The van der Waals surface area contributed by atoms with E-state index in [2.05, 4.69) is 0 Å². The summed E-state index contributed by atoms with van der Waals surface area (Å²) in [6.07, 6.45) is 0.540. The Morgan fingerprint density at radius 3 is 2.55 bits per heavy atom. The zero-order valence-corrected chi connectivity index (χ0v) is 12.5. The highest BCUT2D eigenvalue weighted by Gasteiger charge is 2.43. The highest BCUT2D eigenvalue weighted by atomic mass is 16.5. The minimum Gasteiger partial charge on any atom is -0.493 e. The third-order valence-corrected chi connectivity index (χ3v) is 4.38. The van der Waals surface area contributed by atoms with Crippen molar-refractivity contribution in [3.63, 3.8) is 0 Å². The summed E-state index contributed by atoms with van der Waals surface area (Å²) in [5.74, 6) is 0.761. The largest absolute Gasteiger partial charge is 0.493 e. The van der Waals surface area contributed by atoms with Crippen molar-refractivity contribution in [2.24, 2.45) is 0 Å². The molecule has 4 nitrogen and oxygen atoms in total. The summed E-state index contributed by atoms with van der Waals surface area (Å²) < 4.78 is 5.84. The van der Waals surface area contributed by atoms with Crippen molar-refractivity contribution in [2.75, 3.05) is 13.7 Å². The normalized spacial score (nSPS) is 20.4. The molecule has 0 spiro atoms. The zero-order valence-electron chi connectivity index (χ0n) is 12.5. The van der Waals surface area contributed by atoms with Crippen LogP contribution in [0.25, 0.3) is 0 Å². The Hall–Kier alpha value is -2.49. The second-order valence-corrected chi connectivity index (χ2v) is 5.52. The van der Waals surface area contributed by atoms with Gasteiger partial charge >= 0.3 is 6.09 Å². The number of ether oxygens (including phenoxy) is 1. The number of hydrogen-bond acceptors (Lipinski definition) is 2. The molecule has 0 fully saturated rings. The quantitative estimate of drug-likeness (QED) is 0.919. The standard InChI is InChI=1S/C18H19NO3/c1-19(17(20)21)18(14-8-3-2-4-9-14)12-7-13-22-16-11-6-5-10-15(16)18/h2-6,8-11H,7,12-13H2,1H3,(H,20,21). The van der Waals surface area contributed by atoms with Gasteiger partial charge < -0.3 is 9.84 Å². The lowest BCUT2D eigenvalue weighted by Crippen LogP contribution is -2.47. The fourth-order valence-corrected chi connectivity index (χ4v) is 3.30. The van der Waals surface area contributed by atoms with Crippen molar-refractivity contribution >= 4 is 6.09 Å². The summed E-state index contributed by atoms with van der Waals surface area (Å²) in [4.78, 5) is 13.2. The van der Waals surface area contributed by atoms with Gasteiger partial charge in [0.2, 0.25) is 0 Å². The molecule has 1 amide bonds. The van der Waals surface area contributed by atoms with E-state index in [1.165, 1.54) is 4.90 Å². The Morgan fingerprint density at radius 2 is 1.82 bits per heavy atom. The lowest BCUT2D eigenvalue weighted by Gasteiger charge is -2.41. The van der Waals surface area contributed by atoms with E-state index in [4.69, 9.17) is 4.74 Å². The number of amides is 1. The van der Waals surface area contributed by atoms with Gasteiger partial charge in [-0.15, -0.1) is 0 Å². The van der Waals surface area contributed by atoms with Gasteiger partial charge in [0.05, 0.1) is 6.61 Å². The molecule has 1 atom stereocenters. The second-order valence-electron chi connectivity index (χ2n) is 5.52. The SMILES string of the molecule is CN(C(=O)O)C1(c2ccccc2)CCCOc2ccccc21. The Labute approximate surface area is 130 Å². The molecule has 0 aromatic heterocycles. The fraction of sp³-hybridized carbons (Fsp3) is 0.278. The predicted octanol–water partition coefficient (Wildman–Crippen LogP) is 3.71. The Balaban J connectivity index is 2.28. The number of para-hydroxylation sites is 1. The van der Waals surface area contributed by atoms with Crippen molar-refractivity contribution in [3.8, 4) is 5.75 Å². The molecule has 0 saturated heterocycles. The van der Waals surface area contributed by atoms with Gasteiger partial charge in [0, 0.05) is 12.6 Å². The van der Waals surface area contributed by atoms with Crippen LogP contribution < -0.4 is 4.74 Å². The van der Waals surface area contributed by atoms with Crippen LogP contribution in [0.4, 0.5) is 4.79 Å². The number of benzene rings is 2. The highest BCUT2D eigenvalue weighted by molar-refractivity contribution is 5.68. The van der Waals surface area contributed by atoms with Crippen LogP contribution in [-0.2, 0) is 5.54 Å². The topological polar surface area (TPSA) is 49.8 Å². The summed E-state index contributed by atoms with van der Waals surface area (Å²) in [6, 6.07) is 17.5. The van der Waals surface area contributed by atoms with E-state index in [0.29, 0.717) is 13.0 Å². The molecule has 1 N–H and O–H groups in total. The van der Waals surface area contributed by atoms with Gasteiger partial charge in [-0.3, -0.25) is 4.90 Å². The van der Waals surface area contributed by atoms with E-state index in [1.807, 2.05) is 54.6 Å². The van der Waals surface area contributed by atoms with Crippen molar-refractivity contribution in [2.45, 2.75) is 18.4 Å². The third kappa shape index (κ3) is 2.21. The number of carbonyl (C=O) groups is 1. The van der Waals surface area contributed by atoms with Gasteiger partial charge in [-0.25, -0.2) is 4.79 Å². The van der Waals surface area contributed by atoms with Gasteiger partial charge in [-0.1, -0.05) is 48.5 Å². The van der Waals surface area contributed by atoms with Crippen LogP contribution in [0, 0.1) is 0 Å².